The van der Waals surface area contributed by atoms with Gasteiger partial charge in [0.2, 0.25) is 5.13 Å². The van der Waals surface area contributed by atoms with Crippen LogP contribution in [0.5, 0.6) is 0 Å². The van der Waals surface area contributed by atoms with E-state index in [2.05, 4.69) is 27.6 Å². The zero-order valence-corrected chi connectivity index (χ0v) is 13.6. The molecule has 0 radical (unpaired) electrons. The summed E-state index contributed by atoms with van der Waals surface area (Å²) in [6.45, 7) is 3.86. The third kappa shape index (κ3) is 3.50. The highest BCUT2D eigenvalue weighted by Crippen LogP contribution is 2.29. The molecule has 0 saturated heterocycles. The molecule has 0 bridgehead atoms. The Bertz CT molecular complexity index is 724. The standard InChI is InChI=1S/C16H18N4O2S/c1-2-17-15-19-18-14(23-15)13-5-3-11(4-6-13)12-7-9-20(10-8-12)16(21)22/h3-7H,2,8-10H2,1H3,(H,17,19)(H,21,22). The summed E-state index contributed by atoms with van der Waals surface area (Å²) < 4.78 is 0. The second-order valence-electron chi connectivity index (χ2n) is 5.23. The Labute approximate surface area is 138 Å². The van der Waals surface area contributed by atoms with E-state index in [9.17, 15) is 4.79 Å². The summed E-state index contributed by atoms with van der Waals surface area (Å²) in [7, 11) is 0. The van der Waals surface area contributed by atoms with Crippen LogP contribution >= 0.6 is 11.3 Å². The summed E-state index contributed by atoms with van der Waals surface area (Å²) >= 11 is 1.54. The number of nitrogens with zero attached hydrogens (tertiary/aromatic N) is 3. The molecule has 1 aromatic heterocycles. The third-order valence-corrected chi connectivity index (χ3v) is 4.67. The van der Waals surface area contributed by atoms with E-state index in [0.717, 1.165) is 34.2 Å². The van der Waals surface area contributed by atoms with Crippen molar-refractivity contribution in [1.29, 1.82) is 0 Å². The van der Waals surface area contributed by atoms with Gasteiger partial charge in [-0.2, -0.15) is 0 Å². The fraction of sp³-hybridized carbons (Fsp3) is 0.312. The lowest BCUT2D eigenvalue weighted by molar-refractivity contribution is 0.150. The highest BCUT2D eigenvalue weighted by Gasteiger charge is 2.16. The number of anilines is 1. The number of benzene rings is 1. The molecule has 2 heterocycles. The minimum Gasteiger partial charge on any atom is -0.465 e. The number of nitrogens with one attached hydrogen (secondary N) is 1. The molecule has 1 aliphatic heterocycles. The van der Waals surface area contributed by atoms with Gasteiger partial charge in [-0.3, -0.25) is 0 Å². The molecule has 2 N–H and O–H groups in total. The van der Waals surface area contributed by atoms with E-state index in [1.807, 2.05) is 25.1 Å². The van der Waals surface area contributed by atoms with Gasteiger partial charge in [-0.25, -0.2) is 4.79 Å². The van der Waals surface area contributed by atoms with Gasteiger partial charge in [-0.05, 0) is 24.5 Å². The third-order valence-electron chi connectivity index (χ3n) is 3.74. The molecule has 0 unspecified atom stereocenters. The Morgan fingerprint density at radius 3 is 2.65 bits per heavy atom. The molecule has 0 saturated carbocycles. The van der Waals surface area contributed by atoms with E-state index in [4.69, 9.17) is 5.11 Å². The number of hydrogen-bond donors (Lipinski definition) is 2. The second-order valence-corrected chi connectivity index (χ2v) is 6.21. The fourth-order valence-electron chi connectivity index (χ4n) is 2.49. The molecule has 6 nitrogen and oxygen atoms in total. The summed E-state index contributed by atoms with van der Waals surface area (Å²) in [5.41, 5.74) is 3.37. The first-order chi connectivity index (χ1) is 11.2. The molecule has 1 aliphatic rings. The van der Waals surface area contributed by atoms with Crippen molar-refractivity contribution < 1.29 is 9.90 Å². The normalized spacial score (nSPS) is 14.5. The molecule has 0 aliphatic carbocycles. The van der Waals surface area contributed by atoms with Crippen molar-refractivity contribution in [2.45, 2.75) is 13.3 Å². The SMILES string of the molecule is CCNc1nnc(-c2ccc(C3=CCN(C(=O)O)CC3)cc2)s1. The molecule has 120 valence electrons. The maximum Gasteiger partial charge on any atom is 0.407 e. The molecule has 3 rings (SSSR count). The van der Waals surface area contributed by atoms with Crippen molar-refractivity contribution >= 4 is 28.1 Å². The van der Waals surface area contributed by atoms with Crippen LogP contribution in [0.1, 0.15) is 18.9 Å². The van der Waals surface area contributed by atoms with Gasteiger partial charge in [-0.1, -0.05) is 41.7 Å². The largest absolute Gasteiger partial charge is 0.465 e. The van der Waals surface area contributed by atoms with Gasteiger partial charge in [0.25, 0.3) is 0 Å². The maximum absolute atomic E-state index is 10.9. The molecule has 23 heavy (non-hydrogen) atoms. The van der Waals surface area contributed by atoms with Crippen LogP contribution in [-0.4, -0.2) is 45.9 Å². The van der Waals surface area contributed by atoms with Gasteiger partial charge >= 0.3 is 6.09 Å². The molecular formula is C16H18N4O2S. The number of aromatic nitrogens is 2. The van der Waals surface area contributed by atoms with Gasteiger partial charge in [0, 0.05) is 25.2 Å². The van der Waals surface area contributed by atoms with E-state index in [-0.39, 0.29) is 0 Å². The van der Waals surface area contributed by atoms with Crippen LogP contribution in [-0.2, 0) is 0 Å². The summed E-state index contributed by atoms with van der Waals surface area (Å²) in [6.07, 6.45) is 1.87. The van der Waals surface area contributed by atoms with Crippen molar-refractivity contribution in [2.75, 3.05) is 25.0 Å². The fourth-order valence-corrected chi connectivity index (χ4v) is 3.31. The average Bonchev–Trinajstić information content (AvgIpc) is 3.04. The minimum atomic E-state index is -0.858. The predicted octanol–water partition coefficient (Wildman–Crippen LogP) is 3.40. The van der Waals surface area contributed by atoms with Crippen LogP contribution in [0.25, 0.3) is 16.1 Å². The topological polar surface area (TPSA) is 78.4 Å². The Morgan fingerprint density at radius 1 is 1.30 bits per heavy atom. The number of carbonyl (C=O) groups is 1. The summed E-state index contributed by atoms with van der Waals surface area (Å²) in [6, 6.07) is 8.20. The van der Waals surface area contributed by atoms with Gasteiger partial charge in [-0.15, -0.1) is 10.2 Å². The number of hydrogen-bond acceptors (Lipinski definition) is 5. The minimum absolute atomic E-state index is 0.453. The summed E-state index contributed by atoms with van der Waals surface area (Å²) in [4.78, 5) is 12.3. The van der Waals surface area contributed by atoms with E-state index < -0.39 is 6.09 Å². The first-order valence-corrected chi connectivity index (χ1v) is 8.34. The Balaban J connectivity index is 1.73. The monoisotopic (exact) mass is 330 g/mol. The average molecular weight is 330 g/mol. The van der Waals surface area contributed by atoms with Crippen LogP contribution in [0.4, 0.5) is 9.93 Å². The molecule has 1 aromatic carbocycles. The molecule has 7 heteroatoms. The first kappa shape index (κ1) is 15.5. The van der Waals surface area contributed by atoms with Crippen LogP contribution in [0.2, 0.25) is 0 Å². The zero-order chi connectivity index (χ0) is 16.2. The maximum atomic E-state index is 10.9. The Morgan fingerprint density at radius 2 is 2.04 bits per heavy atom. The van der Waals surface area contributed by atoms with Gasteiger partial charge in [0.1, 0.15) is 5.01 Å². The van der Waals surface area contributed by atoms with Gasteiger partial charge < -0.3 is 15.3 Å². The summed E-state index contributed by atoms with van der Waals surface area (Å²) in [5, 5.41) is 22.2. The van der Waals surface area contributed by atoms with Crippen LogP contribution in [0.3, 0.4) is 0 Å². The van der Waals surface area contributed by atoms with E-state index in [1.54, 1.807) is 0 Å². The van der Waals surface area contributed by atoms with Crippen molar-refractivity contribution in [3.63, 3.8) is 0 Å². The van der Waals surface area contributed by atoms with Crippen molar-refractivity contribution in [2.24, 2.45) is 0 Å². The number of rotatable bonds is 4. The molecule has 2 aromatic rings. The van der Waals surface area contributed by atoms with Gasteiger partial charge in [0.05, 0.1) is 0 Å². The van der Waals surface area contributed by atoms with Crippen molar-refractivity contribution in [1.82, 2.24) is 15.1 Å². The molecule has 0 fully saturated rings. The smallest absolute Gasteiger partial charge is 0.407 e. The van der Waals surface area contributed by atoms with Crippen LogP contribution in [0.15, 0.2) is 30.3 Å². The Kier molecular flexibility index (Phi) is 4.57. The lowest BCUT2D eigenvalue weighted by Gasteiger charge is -2.23. The van der Waals surface area contributed by atoms with Crippen LogP contribution < -0.4 is 5.32 Å². The van der Waals surface area contributed by atoms with Crippen molar-refractivity contribution in [3.8, 4) is 10.6 Å². The molecule has 0 spiro atoms. The predicted molar refractivity (Wildman–Crippen MR) is 91.7 cm³/mol. The highest BCUT2D eigenvalue weighted by atomic mass is 32.1. The first-order valence-electron chi connectivity index (χ1n) is 7.52. The summed E-state index contributed by atoms with van der Waals surface area (Å²) in [5.74, 6) is 0. The quantitative estimate of drug-likeness (QED) is 0.898. The Hall–Kier alpha value is -2.41. The van der Waals surface area contributed by atoms with Gasteiger partial charge in [0.15, 0.2) is 0 Å². The molecule has 0 atom stereocenters. The molecule has 1 amide bonds. The molecular weight excluding hydrogens is 312 g/mol. The number of amides is 1. The lowest BCUT2D eigenvalue weighted by atomic mass is 9.98. The zero-order valence-electron chi connectivity index (χ0n) is 12.8. The highest BCUT2D eigenvalue weighted by molar-refractivity contribution is 7.18. The van der Waals surface area contributed by atoms with Crippen LogP contribution in [0, 0.1) is 0 Å². The lowest BCUT2D eigenvalue weighted by Crippen LogP contribution is -2.33. The second kappa shape index (κ2) is 6.78. The van der Waals surface area contributed by atoms with E-state index in [1.165, 1.54) is 21.8 Å². The van der Waals surface area contributed by atoms with E-state index in [0.29, 0.717) is 13.1 Å². The van der Waals surface area contributed by atoms with Crippen molar-refractivity contribution in [3.05, 3.63) is 35.9 Å². The van der Waals surface area contributed by atoms with E-state index >= 15 is 0 Å². The number of carboxylic acid groups (broad SMARTS) is 1.